The molecule has 2 rings (SSSR count). The second-order valence-corrected chi connectivity index (χ2v) is 4.94. The maximum absolute atomic E-state index is 11.8. The number of aryl methyl sites for hydroxylation is 1. The number of anilines is 1. The SMILES string of the molecule is CCC1CC1Nc1cnn(CC)c(=O)c1Br. The summed E-state index contributed by atoms with van der Waals surface area (Å²) in [6.45, 7) is 4.69. The van der Waals surface area contributed by atoms with Crippen LogP contribution in [0.3, 0.4) is 0 Å². The fraction of sp³-hybridized carbons (Fsp3) is 0.636. The molecule has 1 saturated carbocycles. The number of hydrogen-bond acceptors (Lipinski definition) is 3. The van der Waals surface area contributed by atoms with Crippen molar-refractivity contribution >= 4 is 21.6 Å². The van der Waals surface area contributed by atoms with Crippen molar-refractivity contribution in [3.05, 3.63) is 21.0 Å². The van der Waals surface area contributed by atoms with Crippen molar-refractivity contribution < 1.29 is 0 Å². The standard InChI is InChI=1S/C11H16BrN3O/c1-3-7-5-8(7)14-9-6-13-15(4-2)11(16)10(9)12/h6-8,14H,3-5H2,1-2H3. The van der Waals surface area contributed by atoms with Crippen LogP contribution in [-0.2, 0) is 6.54 Å². The fourth-order valence-electron chi connectivity index (χ4n) is 1.87. The topological polar surface area (TPSA) is 46.9 Å². The molecule has 0 spiro atoms. The molecule has 1 aromatic rings. The van der Waals surface area contributed by atoms with Crippen LogP contribution in [-0.4, -0.2) is 15.8 Å². The highest BCUT2D eigenvalue weighted by Gasteiger charge is 2.35. The van der Waals surface area contributed by atoms with E-state index in [-0.39, 0.29) is 5.56 Å². The first kappa shape index (κ1) is 11.6. The van der Waals surface area contributed by atoms with Crippen molar-refractivity contribution in [1.82, 2.24) is 9.78 Å². The molecule has 1 aromatic heterocycles. The van der Waals surface area contributed by atoms with Crippen molar-refractivity contribution in [2.75, 3.05) is 5.32 Å². The third-order valence-corrected chi connectivity index (χ3v) is 3.84. The fourth-order valence-corrected chi connectivity index (χ4v) is 2.29. The normalized spacial score (nSPS) is 23.2. The zero-order chi connectivity index (χ0) is 11.7. The molecule has 1 N–H and O–H groups in total. The summed E-state index contributed by atoms with van der Waals surface area (Å²) in [5, 5.41) is 7.46. The van der Waals surface area contributed by atoms with E-state index in [1.54, 1.807) is 6.20 Å². The van der Waals surface area contributed by atoms with Crippen LogP contribution in [0, 0.1) is 5.92 Å². The van der Waals surface area contributed by atoms with E-state index in [0.29, 0.717) is 17.1 Å². The molecule has 1 heterocycles. The molecule has 0 aromatic carbocycles. The van der Waals surface area contributed by atoms with Crippen LogP contribution in [0.25, 0.3) is 0 Å². The molecule has 0 bridgehead atoms. The number of nitrogens with zero attached hydrogens (tertiary/aromatic N) is 2. The minimum atomic E-state index is -0.0683. The van der Waals surface area contributed by atoms with E-state index in [4.69, 9.17) is 0 Å². The van der Waals surface area contributed by atoms with E-state index in [2.05, 4.69) is 33.3 Å². The largest absolute Gasteiger partial charge is 0.380 e. The van der Waals surface area contributed by atoms with Crippen LogP contribution in [0.15, 0.2) is 15.5 Å². The molecule has 2 unspecified atom stereocenters. The lowest BCUT2D eigenvalue weighted by Gasteiger charge is -2.08. The number of nitrogens with one attached hydrogen (secondary N) is 1. The molecule has 1 aliphatic rings. The van der Waals surface area contributed by atoms with Gasteiger partial charge in [0.1, 0.15) is 4.47 Å². The Morgan fingerprint density at radius 2 is 2.38 bits per heavy atom. The van der Waals surface area contributed by atoms with Gasteiger partial charge in [-0.1, -0.05) is 13.3 Å². The predicted octanol–water partition coefficient (Wildman–Crippen LogP) is 2.24. The van der Waals surface area contributed by atoms with Crippen LogP contribution in [0.5, 0.6) is 0 Å². The average Bonchev–Trinajstić information content (AvgIpc) is 3.04. The minimum absolute atomic E-state index is 0.0683. The second kappa shape index (κ2) is 4.57. The number of hydrogen-bond donors (Lipinski definition) is 1. The van der Waals surface area contributed by atoms with Crippen molar-refractivity contribution in [1.29, 1.82) is 0 Å². The second-order valence-electron chi connectivity index (χ2n) is 4.15. The Hall–Kier alpha value is -0.840. The highest BCUT2D eigenvalue weighted by atomic mass is 79.9. The summed E-state index contributed by atoms with van der Waals surface area (Å²) in [7, 11) is 0. The summed E-state index contributed by atoms with van der Waals surface area (Å²) in [5.41, 5.74) is 0.747. The molecule has 1 fully saturated rings. The molecule has 0 radical (unpaired) electrons. The Kier molecular flexibility index (Phi) is 3.33. The van der Waals surface area contributed by atoms with Gasteiger partial charge < -0.3 is 5.32 Å². The molecule has 0 saturated heterocycles. The predicted molar refractivity (Wildman–Crippen MR) is 67.7 cm³/mol. The summed E-state index contributed by atoms with van der Waals surface area (Å²) in [6.07, 6.45) is 4.11. The van der Waals surface area contributed by atoms with Gasteiger partial charge in [-0.05, 0) is 35.2 Å². The molecule has 0 aliphatic heterocycles. The highest BCUT2D eigenvalue weighted by molar-refractivity contribution is 9.10. The summed E-state index contributed by atoms with van der Waals surface area (Å²) in [6, 6.07) is 0.514. The quantitative estimate of drug-likeness (QED) is 0.923. The zero-order valence-electron chi connectivity index (χ0n) is 9.53. The van der Waals surface area contributed by atoms with Crippen LogP contribution in [0.4, 0.5) is 5.69 Å². The summed E-state index contributed by atoms with van der Waals surface area (Å²) in [4.78, 5) is 11.8. The Bertz CT molecular complexity index is 443. The van der Waals surface area contributed by atoms with Gasteiger partial charge in [0.05, 0.1) is 11.9 Å². The lowest BCUT2D eigenvalue weighted by molar-refractivity contribution is 0.612. The van der Waals surface area contributed by atoms with E-state index >= 15 is 0 Å². The van der Waals surface area contributed by atoms with Crippen LogP contribution < -0.4 is 10.9 Å². The van der Waals surface area contributed by atoms with Crippen molar-refractivity contribution in [2.24, 2.45) is 5.92 Å². The van der Waals surface area contributed by atoms with Gasteiger partial charge in [-0.3, -0.25) is 4.79 Å². The number of halogens is 1. The first-order valence-corrected chi connectivity index (χ1v) is 6.48. The first-order valence-electron chi connectivity index (χ1n) is 5.69. The Morgan fingerprint density at radius 3 is 2.94 bits per heavy atom. The zero-order valence-corrected chi connectivity index (χ0v) is 11.1. The molecule has 5 heteroatoms. The third-order valence-electron chi connectivity index (χ3n) is 3.07. The Balaban J connectivity index is 2.17. The monoisotopic (exact) mass is 285 g/mol. The van der Waals surface area contributed by atoms with Gasteiger partial charge in [0, 0.05) is 12.6 Å². The molecular weight excluding hydrogens is 270 g/mol. The van der Waals surface area contributed by atoms with Crippen LogP contribution in [0.2, 0.25) is 0 Å². The van der Waals surface area contributed by atoms with Gasteiger partial charge in [-0.2, -0.15) is 5.10 Å². The van der Waals surface area contributed by atoms with Crippen molar-refractivity contribution in [3.63, 3.8) is 0 Å². The molecule has 1 aliphatic carbocycles. The average molecular weight is 286 g/mol. The maximum atomic E-state index is 11.8. The lowest BCUT2D eigenvalue weighted by Crippen LogP contribution is -2.24. The molecule has 4 nitrogen and oxygen atoms in total. The Labute approximate surface area is 103 Å². The van der Waals surface area contributed by atoms with Crippen molar-refractivity contribution in [3.8, 4) is 0 Å². The van der Waals surface area contributed by atoms with Gasteiger partial charge in [-0.15, -0.1) is 0 Å². The minimum Gasteiger partial charge on any atom is -0.380 e. The molecule has 2 atom stereocenters. The van der Waals surface area contributed by atoms with E-state index < -0.39 is 0 Å². The Morgan fingerprint density at radius 1 is 1.62 bits per heavy atom. The van der Waals surface area contributed by atoms with Crippen LogP contribution >= 0.6 is 15.9 Å². The lowest BCUT2D eigenvalue weighted by atomic mass is 10.3. The molecule has 88 valence electrons. The number of aromatic nitrogens is 2. The van der Waals surface area contributed by atoms with Gasteiger partial charge >= 0.3 is 0 Å². The molecule has 0 amide bonds. The van der Waals surface area contributed by atoms with Crippen molar-refractivity contribution in [2.45, 2.75) is 39.3 Å². The van der Waals surface area contributed by atoms with E-state index in [1.165, 1.54) is 17.5 Å². The van der Waals surface area contributed by atoms with Gasteiger partial charge in [0.25, 0.3) is 5.56 Å². The summed E-state index contributed by atoms with van der Waals surface area (Å²) >= 11 is 3.33. The molecule has 16 heavy (non-hydrogen) atoms. The first-order chi connectivity index (χ1) is 7.67. The summed E-state index contributed by atoms with van der Waals surface area (Å²) in [5.74, 6) is 0.750. The van der Waals surface area contributed by atoms with E-state index in [0.717, 1.165) is 11.6 Å². The number of rotatable bonds is 4. The van der Waals surface area contributed by atoms with Crippen LogP contribution in [0.1, 0.15) is 26.7 Å². The van der Waals surface area contributed by atoms with E-state index in [1.807, 2.05) is 6.92 Å². The molecular formula is C11H16BrN3O. The summed E-state index contributed by atoms with van der Waals surface area (Å²) < 4.78 is 2.03. The van der Waals surface area contributed by atoms with Gasteiger partial charge in [0.2, 0.25) is 0 Å². The third kappa shape index (κ3) is 2.14. The van der Waals surface area contributed by atoms with Gasteiger partial charge in [0.15, 0.2) is 0 Å². The smallest absolute Gasteiger partial charge is 0.283 e. The maximum Gasteiger partial charge on any atom is 0.283 e. The van der Waals surface area contributed by atoms with Gasteiger partial charge in [-0.25, -0.2) is 4.68 Å². The highest BCUT2D eigenvalue weighted by Crippen LogP contribution is 2.36. The van der Waals surface area contributed by atoms with E-state index in [9.17, 15) is 4.79 Å².